The molecule has 0 aliphatic carbocycles. The monoisotopic (exact) mass is 461 g/mol. The van der Waals surface area contributed by atoms with Crippen molar-refractivity contribution < 1.29 is 39.0 Å². The molecule has 9 heteroatoms. The Morgan fingerprint density at radius 2 is 1.93 bits per heavy atom. The SMILES string of the molecule is CCN(CC[N+](C)(C)CC(C)O)c1ccc(N=Nc2scc[n+]2C)c(C)c1.[Cl-].[Cl-]. The summed E-state index contributed by atoms with van der Waals surface area (Å²) < 4.78 is 2.77. The number of aryl methyl sites for hydroxylation is 2. The maximum absolute atomic E-state index is 9.68. The number of likely N-dealkylation sites (N-methyl/N-ethyl adjacent to an activating group) is 2. The molecular formula is C20H33Cl2N5OS. The van der Waals surface area contributed by atoms with E-state index in [0.717, 1.165) is 47.0 Å². The molecule has 2 rings (SSSR count). The molecule has 1 N–H and O–H groups in total. The van der Waals surface area contributed by atoms with E-state index in [1.807, 2.05) is 36.2 Å². The van der Waals surface area contributed by atoms with Gasteiger partial charge in [0.1, 0.15) is 24.5 Å². The molecule has 1 atom stereocenters. The van der Waals surface area contributed by atoms with Gasteiger partial charge < -0.3 is 39.3 Å². The van der Waals surface area contributed by atoms with Crippen LogP contribution in [0.1, 0.15) is 19.4 Å². The molecule has 0 amide bonds. The standard InChI is InChI=1S/C20H33N5OS.2ClH/c1-7-24(10-12-25(5,6)15-17(3)26)18-8-9-19(16(2)14-18)21-22-20-23(4)11-13-27-20;;/h8-9,11,13-14,17,26H,7,10,12,15H2,1-6H3;2*1H/q+2;;/p-2. The average Bonchev–Trinajstić information content (AvgIpc) is 2.98. The lowest BCUT2D eigenvalue weighted by molar-refractivity contribution is -0.891. The van der Waals surface area contributed by atoms with Gasteiger partial charge in [-0.2, -0.15) is 0 Å². The zero-order valence-electron chi connectivity index (χ0n) is 18.1. The Hall–Kier alpha value is -1.25. The first-order valence-electron chi connectivity index (χ1n) is 9.42. The zero-order chi connectivity index (χ0) is 20.0. The third-order valence-electron chi connectivity index (χ3n) is 4.66. The first kappa shape index (κ1) is 27.8. The minimum absolute atomic E-state index is 0. The van der Waals surface area contributed by atoms with E-state index in [2.05, 4.69) is 55.2 Å². The number of quaternary nitrogens is 1. The molecule has 0 bridgehead atoms. The van der Waals surface area contributed by atoms with Crippen LogP contribution in [-0.4, -0.2) is 56.0 Å². The molecular weight excluding hydrogens is 429 g/mol. The summed E-state index contributed by atoms with van der Waals surface area (Å²) in [4.78, 5) is 2.37. The number of nitrogens with zero attached hydrogens (tertiary/aromatic N) is 5. The Morgan fingerprint density at radius 3 is 2.45 bits per heavy atom. The van der Waals surface area contributed by atoms with Crippen LogP contribution in [0.15, 0.2) is 40.0 Å². The van der Waals surface area contributed by atoms with Gasteiger partial charge in [0.15, 0.2) is 0 Å². The molecule has 0 fully saturated rings. The average molecular weight is 462 g/mol. The lowest BCUT2D eigenvalue weighted by atomic mass is 10.1. The van der Waals surface area contributed by atoms with Crippen molar-refractivity contribution in [1.82, 2.24) is 0 Å². The molecule has 1 unspecified atom stereocenters. The Bertz CT molecular complexity index is 780. The molecule has 1 aromatic heterocycles. The smallest absolute Gasteiger partial charge is 0.408 e. The molecule has 0 aliphatic rings. The van der Waals surface area contributed by atoms with Gasteiger partial charge in [0.2, 0.25) is 0 Å². The molecule has 1 heterocycles. The minimum atomic E-state index is -0.285. The highest BCUT2D eigenvalue weighted by Gasteiger charge is 2.19. The fraction of sp³-hybridized carbons (Fsp3) is 0.550. The second kappa shape index (κ2) is 12.4. The van der Waals surface area contributed by atoms with Crippen LogP contribution in [0.3, 0.4) is 0 Å². The van der Waals surface area contributed by atoms with Crippen LogP contribution in [0.2, 0.25) is 0 Å². The van der Waals surface area contributed by atoms with E-state index in [1.54, 1.807) is 11.3 Å². The normalized spacial score (nSPS) is 12.4. The number of aliphatic hydroxyl groups is 1. The van der Waals surface area contributed by atoms with E-state index in [1.165, 1.54) is 5.69 Å². The lowest BCUT2D eigenvalue weighted by Crippen LogP contribution is -3.00. The number of rotatable bonds is 9. The molecule has 2 aromatic rings. The topological polar surface area (TPSA) is 52.1 Å². The number of anilines is 1. The fourth-order valence-electron chi connectivity index (χ4n) is 3.14. The Labute approximate surface area is 191 Å². The van der Waals surface area contributed by atoms with Crippen molar-refractivity contribution in [2.75, 3.05) is 45.2 Å². The van der Waals surface area contributed by atoms with Crippen molar-refractivity contribution in [3.05, 3.63) is 35.3 Å². The van der Waals surface area contributed by atoms with E-state index < -0.39 is 0 Å². The van der Waals surface area contributed by atoms with Crippen molar-refractivity contribution >= 4 is 27.8 Å². The molecule has 0 saturated carbocycles. The first-order chi connectivity index (χ1) is 12.7. The Morgan fingerprint density at radius 1 is 1.24 bits per heavy atom. The number of hydrogen-bond acceptors (Lipinski definition) is 5. The van der Waals surface area contributed by atoms with E-state index in [-0.39, 0.29) is 30.9 Å². The summed E-state index contributed by atoms with van der Waals surface area (Å²) in [6.45, 7) is 9.73. The zero-order valence-corrected chi connectivity index (χ0v) is 20.5. The molecule has 0 aliphatic heterocycles. The highest BCUT2D eigenvalue weighted by atomic mass is 35.5. The largest absolute Gasteiger partial charge is 1.00 e. The molecule has 0 spiro atoms. The number of aliphatic hydroxyl groups excluding tert-OH is 1. The predicted molar refractivity (Wildman–Crippen MR) is 112 cm³/mol. The van der Waals surface area contributed by atoms with Crippen molar-refractivity contribution in [3.8, 4) is 0 Å². The molecule has 164 valence electrons. The number of azo groups is 1. The molecule has 0 radical (unpaired) electrons. The highest BCUT2D eigenvalue weighted by Crippen LogP contribution is 2.27. The van der Waals surface area contributed by atoms with Gasteiger partial charge in [-0.3, -0.25) is 0 Å². The minimum Gasteiger partial charge on any atom is -1.00 e. The quantitative estimate of drug-likeness (QED) is 0.257. The van der Waals surface area contributed by atoms with Crippen LogP contribution in [0, 0.1) is 6.92 Å². The maximum Gasteiger partial charge on any atom is 0.408 e. The van der Waals surface area contributed by atoms with Crippen molar-refractivity contribution in [2.45, 2.75) is 26.9 Å². The van der Waals surface area contributed by atoms with Crippen LogP contribution in [-0.2, 0) is 7.05 Å². The lowest BCUT2D eigenvalue weighted by Gasteiger charge is -2.34. The summed E-state index contributed by atoms with van der Waals surface area (Å²) in [5.41, 5.74) is 3.22. The highest BCUT2D eigenvalue weighted by molar-refractivity contribution is 7.12. The Kier molecular flexibility index (Phi) is 11.9. The Balaban J connectivity index is 0.00000392. The third kappa shape index (κ3) is 8.56. The number of halogens is 2. The van der Waals surface area contributed by atoms with E-state index in [4.69, 9.17) is 0 Å². The van der Waals surface area contributed by atoms with Gasteiger partial charge in [0.05, 0.1) is 39.3 Å². The van der Waals surface area contributed by atoms with Crippen molar-refractivity contribution in [3.63, 3.8) is 0 Å². The molecule has 0 saturated heterocycles. The summed E-state index contributed by atoms with van der Waals surface area (Å²) in [5.74, 6) is 0. The second-order valence-corrected chi connectivity index (χ2v) is 8.61. The van der Waals surface area contributed by atoms with Gasteiger partial charge in [-0.1, -0.05) is 0 Å². The predicted octanol–water partition coefficient (Wildman–Crippen LogP) is -2.41. The van der Waals surface area contributed by atoms with E-state index in [9.17, 15) is 5.11 Å². The maximum atomic E-state index is 9.68. The van der Waals surface area contributed by atoms with Crippen LogP contribution in [0.5, 0.6) is 0 Å². The van der Waals surface area contributed by atoms with Crippen molar-refractivity contribution in [1.29, 1.82) is 0 Å². The third-order valence-corrected chi connectivity index (χ3v) is 5.50. The fourth-order valence-corrected chi connectivity index (χ4v) is 3.82. The van der Waals surface area contributed by atoms with Crippen LogP contribution >= 0.6 is 11.3 Å². The summed E-state index contributed by atoms with van der Waals surface area (Å²) >= 11 is 1.57. The number of thiazole rings is 1. The van der Waals surface area contributed by atoms with Crippen LogP contribution in [0.4, 0.5) is 16.5 Å². The van der Waals surface area contributed by atoms with Gasteiger partial charge in [0.25, 0.3) is 0 Å². The van der Waals surface area contributed by atoms with E-state index >= 15 is 0 Å². The first-order valence-corrected chi connectivity index (χ1v) is 10.3. The molecule has 1 aromatic carbocycles. The van der Waals surface area contributed by atoms with Crippen molar-refractivity contribution in [2.24, 2.45) is 17.3 Å². The number of benzene rings is 1. The van der Waals surface area contributed by atoms with Gasteiger partial charge in [-0.25, -0.2) is 4.57 Å². The number of aromatic nitrogens is 1. The molecule has 29 heavy (non-hydrogen) atoms. The van der Waals surface area contributed by atoms with E-state index in [0.29, 0.717) is 0 Å². The number of hydrogen-bond donors (Lipinski definition) is 1. The van der Waals surface area contributed by atoms with Crippen LogP contribution < -0.4 is 34.3 Å². The van der Waals surface area contributed by atoms with Gasteiger partial charge in [-0.05, 0) is 61.0 Å². The van der Waals surface area contributed by atoms with Gasteiger partial charge in [0, 0.05) is 17.6 Å². The summed E-state index contributed by atoms with van der Waals surface area (Å²) in [7, 11) is 6.30. The van der Waals surface area contributed by atoms with Crippen LogP contribution in [0.25, 0.3) is 0 Å². The molecule has 6 nitrogen and oxygen atoms in total. The summed E-state index contributed by atoms with van der Waals surface area (Å²) in [5, 5.41) is 21.3. The van der Waals surface area contributed by atoms with Gasteiger partial charge >= 0.3 is 5.13 Å². The summed E-state index contributed by atoms with van der Waals surface area (Å²) in [6.07, 6.45) is 1.69. The second-order valence-electron chi connectivity index (χ2n) is 7.74. The van der Waals surface area contributed by atoms with Gasteiger partial charge in [-0.15, -0.1) is 0 Å². The summed E-state index contributed by atoms with van der Waals surface area (Å²) in [6, 6.07) is 6.34.